The molecule has 0 radical (unpaired) electrons. The first-order chi connectivity index (χ1) is 9.88. The van der Waals surface area contributed by atoms with Crippen LogP contribution < -0.4 is 5.32 Å². The van der Waals surface area contributed by atoms with Crippen LogP contribution in [0.15, 0.2) is 18.2 Å². The minimum atomic E-state index is -4.52. The summed E-state index contributed by atoms with van der Waals surface area (Å²) in [5, 5.41) is 3.24. The van der Waals surface area contributed by atoms with Crippen molar-refractivity contribution in [2.24, 2.45) is 5.92 Å². The molecule has 2 atom stereocenters. The molecule has 2 rings (SSSR count). The van der Waals surface area contributed by atoms with E-state index < -0.39 is 17.6 Å². The quantitative estimate of drug-likeness (QED) is 0.618. The Bertz CT molecular complexity index is 470. The maximum atomic E-state index is 13.1. The summed E-state index contributed by atoms with van der Waals surface area (Å²) in [5.74, 6) is -0.392. The molecule has 0 saturated heterocycles. The van der Waals surface area contributed by atoms with Crippen molar-refractivity contribution in [3.05, 3.63) is 35.1 Å². The van der Waals surface area contributed by atoms with Crippen LogP contribution in [0.25, 0.3) is 0 Å². The molecule has 0 aliphatic heterocycles. The van der Waals surface area contributed by atoms with Crippen LogP contribution in [0.1, 0.15) is 50.2 Å². The molecule has 0 bridgehead atoms. The van der Waals surface area contributed by atoms with E-state index in [1.165, 1.54) is 18.9 Å². The van der Waals surface area contributed by atoms with Crippen LogP contribution in [0.5, 0.6) is 0 Å². The second-order valence-corrected chi connectivity index (χ2v) is 5.90. The van der Waals surface area contributed by atoms with Gasteiger partial charge in [0, 0.05) is 12.6 Å². The fraction of sp³-hybridized carbons (Fsp3) is 0.625. The lowest BCUT2D eigenvalue weighted by atomic mass is 9.96. The summed E-state index contributed by atoms with van der Waals surface area (Å²) in [6, 6.07) is 3.13. The highest BCUT2D eigenvalue weighted by Gasteiger charge is 2.33. The van der Waals surface area contributed by atoms with Crippen molar-refractivity contribution in [2.75, 3.05) is 0 Å². The third-order valence-electron chi connectivity index (χ3n) is 4.29. The van der Waals surface area contributed by atoms with Crippen molar-refractivity contribution in [1.29, 1.82) is 0 Å². The van der Waals surface area contributed by atoms with Crippen molar-refractivity contribution in [1.82, 2.24) is 5.32 Å². The zero-order chi connectivity index (χ0) is 15.5. The number of rotatable bonds is 3. The first kappa shape index (κ1) is 16.3. The Morgan fingerprint density at radius 2 is 1.86 bits per heavy atom. The van der Waals surface area contributed by atoms with Gasteiger partial charge in [-0.1, -0.05) is 32.3 Å². The molecule has 2 unspecified atom stereocenters. The molecule has 0 amide bonds. The van der Waals surface area contributed by atoms with Gasteiger partial charge in [-0.05, 0) is 36.5 Å². The highest BCUT2D eigenvalue weighted by Crippen LogP contribution is 2.33. The van der Waals surface area contributed by atoms with Gasteiger partial charge in [0.15, 0.2) is 0 Å². The summed E-state index contributed by atoms with van der Waals surface area (Å²) in [5.41, 5.74) is -0.767. The van der Waals surface area contributed by atoms with E-state index in [4.69, 9.17) is 0 Å². The monoisotopic (exact) mass is 303 g/mol. The third-order valence-corrected chi connectivity index (χ3v) is 4.29. The summed E-state index contributed by atoms with van der Waals surface area (Å²) in [6.07, 6.45) is 1.05. The van der Waals surface area contributed by atoms with Crippen molar-refractivity contribution in [3.8, 4) is 0 Å². The number of hydrogen-bond donors (Lipinski definition) is 1. The second-order valence-electron chi connectivity index (χ2n) is 5.90. The molecule has 118 valence electrons. The summed E-state index contributed by atoms with van der Waals surface area (Å²) < 4.78 is 51.9. The van der Waals surface area contributed by atoms with E-state index >= 15 is 0 Å². The molecule has 1 N–H and O–H groups in total. The van der Waals surface area contributed by atoms with E-state index in [1.807, 2.05) is 0 Å². The molecule has 1 aliphatic carbocycles. The van der Waals surface area contributed by atoms with Crippen LogP contribution in [0, 0.1) is 11.7 Å². The summed E-state index contributed by atoms with van der Waals surface area (Å²) in [6.45, 7) is 2.27. The normalized spacial score (nSPS) is 23.9. The Labute approximate surface area is 122 Å². The molecule has 1 aromatic carbocycles. The van der Waals surface area contributed by atoms with Gasteiger partial charge in [0.05, 0.1) is 5.56 Å². The molecule has 5 heteroatoms. The van der Waals surface area contributed by atoms with Crippen LogP contribution in [0.4, 0.5) is 17.6 Å². The standard InChI is InChI=1S/C16H21F4N/c1-11-5-3-2-4-6-15(11)21-10-12-7-8-13(17)9-14(12)16(18,19)20/h7-9,11,15,21H,2-6,10H2,1H3. The predicted molar refractivity (Wildman–Crippen MR) is 74.3 cm³/mol. The largest absolute Gasteiger partial charge is 0.416 e. The average Bonchev–Trinajstić information content (AvgIpc) is 2.61. The minimum absolute atomic E-state index is 0.111. The zero-order valence-corrected chi connectivity index (χ0v) is 12.1. The Kier molecular flexibility index (Phi) is 5.25. The number of halogens is 4. The Hall–Kier alpha value is -1.10. The van der Waals surface area contributed by atoms with E-state index in [2.05, 4.69) is 12.2 Å². The smallest absolute Gasteiger partial charge is 0.310 e. The first-order valence-corrected chi connectivity index (χ1v) is 7.47. The lowest BCUT2D eigenvalue weighted by Gasteiger charge is -2.24. The molecular formula is C16H21F4N. The van der Waals surface area contributed by atoms with Crippen LogP contribution in [-0.4, -0.2) is 6.04 Å². The highest BCUT2D eigenvalue weighted by molar-refractivity contribution is 5.30. The second kappa shape index (κ2) is 6.77. The van der Waals surface area contributed by atoms with E-state index in [1.54, 1.807) is 0 Å². The van der Waals surface area contributed by atoms with Crippen molar-refractivity contribution >= 4 is 0 Å². The van der Waals surface area contributed by atoms with Gasteiger partial charge in [0.25, 0.3) is 0 Å². The molecule has 1 nitrogen and oxygen atoms in total. The third kappa shape index (κ3) is 4.43. The molecular weight excluding hydrogens is 282 g/mol. The number of alkyl halides is 3. The van der Waals surface area contributed by atoms with Crippen molar-refractivity contribution < 1.29 is 17.6 Å². The van der Waals surface area contributed by atoms with Gasteiger partial charge in [0.2, 0.25) is 0 Å². The van der Waals surface area contributed by atoms with Gasteiger partial charge in [-0.2, -0.15) is 13.2 Å². The predicted octanol–water partition coefficient (Wildman–Crippen LogP) is 4.90. The lowest BCUT2D eigenvalue weighted by molar-refractivity contribution is -0.138. The summed E-state index contributed by atoms with van der Waals surface area (Å²) >= 11 is 0. The Balaban J connectivity index is 2.09. The molecule has 0 aromatic heterocycles. The molecule has 1 aromatic rings. The Morgan fingerprint density at radius 3 is 2.57 bits per heavy atom. The van der Waals surface area contributed by atoms with Gasteiger partial charge in [-0.15, -0.1) is 0 Å². The topological polar surface area (TPSA) is 12.0 Å². The fourth-order valence-electron chi connectivity index (χ4n) is 3.00. The number of benzene rings is 1. The van der Waals surface area contributed by atoms with Gasteiger partial charge in [0.1, 0.15) is 5.82 Å². The fourth-order valence-corrected chi connectivity index (χ4v) is 3.00. The Morgan fingerprint density at radius 1 is 1.14 bits per heavy atom. The summed E-state index contributed by atoms with van der Waals surface area (Å²) in [4.78, 5) is 0. The molecule has 0 spiro atoms. The number of nitrogens with one attached hydrogen (secondary N) is 1. The maximum absolute atomic E-state index is 13.1. The van der Waals surface area contributed by atoms with Crippen molar-refractivity contribution in [3.63, 3.8) is 0 Å². The minimum Gasteiger partial charge on any atom is -0.310 e. The van der Waals surface area contributed by atoms with Crippen LogP contribution in [0.3, 0.4) is 0 Å². The van der Waals surface area contributed by atoms with Crippen molar-refractivity contribution in [2.45, 2.75) is 57.8 Å². The zero-order valence-electron chi connectivity index (χ0n) is 12.1. The summed E-state index contributed by atoms with van der Waals surface area (Å²) in [7, 11) is 0. The molecule has 0 heterocycles. The molecule has 1 aliphatic rings. The van der Waals surface area contributed by atoms with Crippen LogP contribution in [-0.2, 0) is 12.7 Å². The SMILES string of the molecule is CC1CCCCCC1NCc1ccc(F)cc1C(F)(F)F. The van der Waals surface area contributed by atoms with E-state index in [-0.39, 0.29) is 18.2 Å². The van der Waals surface area contributed by atoms with Crippen LogP contribution in [0.2, 0.25) is 0 Å². The molecule has 1 saturated carbocycles. The molecule has 1 fully saturated rings. The maximum Gasteiger partial charge on any atom is 0.416 e. The van der Waals surface area contributed by atoms with Crippen LogP contribution >= 0.6 is 0 Å². The number of hydrogen-bond acceptors (Lipinski definition) is 1. The average molecular weight is 303 g/mol. The van der Waals surface area contributed by atoms with Gasteiger partial charge < -0.3 is 5.32 Å². The van der Waals surface area contributed by atoms with Gasteiger partial charge >= 0.3 is 6.18 Å². The lowest BCUT2D eigenvalue weighted by Crippen LogP contribution is -2.34. The van der Waals surface area contributed by atoms with E-state index in [0.717, 1.165) is 25.3 Å². The van der Waals surface area contributed by atoms with E-state index in [9.17, 15) is 17.6 Å². The highest BCUT2D eigenvalue weighted by atomic mass is 19.4. The van der Waals surface area contributed by atoms with Gasteiger partial charge in [-0.25, -0.2) is 4.39 Å². The van der Waals surface area contributed by atoms with Gasteiger partial charge in [-0.3, -0.25) is 0 Å². The van der Waals surface area contributed by atoms with E-state index in [0.29, 0.717) is 12.0 Å². The first-order valence-electron chi connectivity index (χ1n) is 7.47. The molecule has 21 heavy (non-hydrogen) atoms.